The highest BCUT2D eigenvalue weighted by atomic mass is 16.5. The molecule has 0 aliphatic carbocycles. The largest absolute Gasteiger partial charge is 0.493 e. The van der Waals surface area contributed by atoms with Gasteiger partial charge in [-0.25, -0.2) is 0 Å². The fraction of sp³-hybridized carbons (Fsp3) is 0.304. The van der Waals surface area contributed by atoms with Gasteiger partial charge in [-0.3, -0.25) is 9.59 Å². The lowest BCUT2D eigenvalue weighted by Gasteiger charge is -2.12. The maximum atomic E-state index is 12.2. The Morgan fingerprint density at radius 3 is 2.45 bits per heavy atom. The number of hydrogen-bond acceptors (Lipinski definition) is 4. The van der Waals surface area contributed by atoms with Crippen LogP contribution in [-0.2, 0) is 11.2 Å². The lowest BCUT2D eigenvalue weighted by Crippen LogP contribution is -2.27. The average Bonchev–Trinajstić information content (AvgIpc) is 2.71. The lowest BCUT2D eigenvalue weighted by molar-refractivity contribution is -0.118. The summed E-state index contributed by atoms with van der Waals surface area (Å²) in [6, 6.07) is 12.3. The van der Waals surface area contributed by atoms with Gasteiger partial charge in [-0.15, -0.1) is 6.58 Å². The monoisotopic (exact) mass is 396 g/mol. The van der Waals surface area contributed by atoms with E-state index in [-0.39, 0.29) is 18.4 Å². The standard InChI is InChI=1S/C23H28N2O4/c1-5-6-17-7-12-20(21(13-17)28-4)29-15-22(26)25-19-10-8-18(9-11-19)23(27)24-14-16(2)3/h5,7-13,16H,1,6,14-15H2,2-4H3,(H,24,27)(H,25,26). The molecule has 0 aromatic heterocycles. The van der Waals surface area contributed by atoms with Crippen molar-refractivity contribution in [1.29, 1.82) is 0 Å². The fourth-order valence-corrected chi connectivity index (χ4v) is 2.57. The molecule has 2 N–H and O–H groups in total. The van der Waals surface area contributed by atoms with Gasteiger partial charge in [0, 0.05) is 17.8 Å². The first kappa shape index (κ1) is 22.0. The molecule has 0 spiro atoms. The highest BCUT2D eigenvalue weighted by molar-refractivity contribution is 5.96. The number of methoxy groups -OCH3 is 1. The van der Waals surface area contributed by atoms with Gasteiger partial charge in [-0.05, 0) is 54.3 Å². The first-order valence-electron chi connectivity index (χ1n) is 9.51. The Labute approximate surface area is 171 Å². The van der Waals surface area contributed by atoms with E-state index in [0.717, 1.165) is 12.0 Å². The molecular formula is C23H28N2O4. The number of ether oxygens (including phenoxy) is 2. The van der Waals surface area contributed by atoms with Crippen LogP contribution < -0.4 is 20.1 Å². The minimum atomic E-state index is -0.306. The van der Waals surface area contributed by atoms with E-state index < -0.39 is 0 Å². The molecule has 0 radical (unpaired) electrons. The van der Waals surface area contributed by atoms with Crippen molar-refractivity contribution in [3.05, 3.63) is 66.2 Å². The van der Waals surface area contributed by atoms with Crippen molar-refractivity contribution in [1.82, 2.24) is 5.32 Å². The molecule has 2 aromatic rings. The Kier molecular flexibility index (Phi) is 8.27. The highest BCUT2D eigenvalue weighted by Crippen LogP contribution is 2.28. The third-order valence-electron chi connectivity index (χ3n) is 4.07. The SMILES string of the molecule is C=CCc1ccc(OCC(=O)Nc2ccc(C(=O)NCC(C)C)cc2)c(OC)c1. The van der Waals surface area contributed by atoms with Gasteiger partial charge in [0.1, 0.15) is 0 Å². The van der Waals surface area contributed by atoms with Crippen molar-refractivity contribution in [2.45, 2.75) is 20.3 Å². The van der Waals surface area contributed by atoms with Crippen LogP contribution in [-0.4, -0.2) is 32.1 Å². The number of amides is 2. The molecule has 154 valence electrons. The third kappa shape index (κ3) is 6.99. The van der Waals surface area contributed by atoms with E-state index >= 15 is 0 Å². The summed E-state index contributed by atoms with van der Waals surface area (Å²) in [7, 11) is 1.55. The molecule has 29 heavy (non-hydrogen) atoms. The van der Waals surface area contributed by atoms with E-state index in [2.05, 4.69) is 17.2 Å². The summed E-state index contributed by atoms with van der Waals surface area (Å²) in [6.07, 6.45) is 2.53. The molecule has 0 saturated carbocycles. The predicted molar refractivity (Wildman–Crippen MR) is 115 cm³/mol. The summed E-state index contributed by atoms with van der Waals surface area (Å²) in [5, 5.41) is 5.60. The molecule has 6 nitrogen and oxygen atoms in total. The van der Waals surface area contributed by atoms with E-state index in [4.69, 9.17) is 9.47 Å². The molecule has 0 bridgehead atoms. The Morgan fingerprint density at radius 1 is 1.10 bits per heavy atom. The normalized spacial score (nSPS) is 10.3. The van der Waals surface area contributed by atoms with Crippen LogP contribution in [0, 0.1) is 5.92 Å². The molecule has 0 fully saturated rings. The number of anilines is 1. The van der Waals surface area contributed by atoms with Crippen LogP contribution in [0.5, 0.6) is 11.5 Å². The Hall–Kier alpha value is -3.28. The van der Waals surface area contributed by atoms with E-state index in [1.807, 2.05) is 32.1 Å². The Bertz CT molecular complexity index is 844. The van der Waals surface area contributed by atoms with Crippen LogP contribution in [0.4, 0.5) is 5.69 Å². The van der Waals surface area contributed by atoms with Crippen LogP contribution in [0.3, 0.4) is 0 Å². The van der Waals surface area contributed by atoms with Crippen molar-refractivity contribution in [3.8, 4) is 11.5 Å². The van der Waals surface area contributed by atoms with Gasteiger partial charge >= 0.3 is 0 Å². The summed E-state index contributed by atoms with van der Waals surface area (Å²) >= 11 is 0. The zero-order valence-electron chi connectivity index (χ0n) is 17.2. The maximum absolute atomic E-state index is 12.2. The van der Waals surface area contributed by atoms with Gasteiger partial charge in [0.25, 0.3) is 11.8 Å². The number of carbonyl (C=O) groups is 2. The fourth-order valence-electron chi connectivity index (χ4n) is 2.57. The number of hydrogen-bond donors (Lipinski definition) is 2. The summed E-state index contributed by atoms with van der Waals surface area (Å²) in [6.45, 7) is 8.24. The Morgan fingerprint density at radius 2 is 1.83 bits per heavy atom. The molecule has 2 aromatic carbocycles. The highest BCUT2D eigenvalue weighted by Gasteiger charge is 2.10. The summed E-state index contributed by atoms with van der Waals surface area (Å²) in [5.74, 6) is 1.00. The first-order valence-corrected chi connectivity index (χ1v) is 9.51. The zero-order chi connectivity index (χ0) is 21.2. The zero-order valence-corrected chi connectivity index (χ0v) is 17.2. The number of rotatable bonds is 10. The van der Waals surface area contributed by atoms with Crippen LogP contribution in [0.15, 0.2) is 55.1 Å². The minimum absolute atomic E-state index is 0.132. The second-order valence-corrected chi connectivity index (χ2v) is 7.00. The van der Waals surface area contributed by atoms with Gasteiger partial charge in [-0.1, -0.05) is 26.0 Å². The summed E-state index contributed by atoms with van der Waals surface area (Å²) in [5.41, 5.74) is 2.18. The summed E-state index contributed by atoms with van der Waals surface area (Å²) in [4.78, 5) is 24.2. The smallest absolute Gasteiger partial charge is 0.262 e. The molecular weight excluding hydrogens is 368 g/mol. The van der Waals surface area contributed by atoms with Gasteiger partial charge in [0.2, 0.25) is 0 Å². The lowest BCUT2D eigenvalue weighted by atomic mass is 10.1. The van der Waals surface area contributed by atoms with Crippen molar-refractivity contribution in [2.24, 2.45) is 5.92 Å². The summed E-state index contributed by atoms with van der Waals surface area (Å²) < 4.78 is 10.9. The second kappa shape index (κ2) is 10.9. The van der Waals surface area contributed by atoms with E-state index in [9.17, 15) is 9.59 Å². The molecule has 2 rings (SSSR count). The van der Waals surface area contributed by atoms with E-state index in [1.54, 1.807) is 37.4 Å². The van der Waals surface area contributed by atoms with Gasteiger partial charge in [0.15, 0.2) is 18.1 Å². The molecule has 0 aliphatic heterocycles. The van der Waals surface area contributed by atoms with Crippen LogP contribution in [0.2, 0.25) is 0 Å². The van der Waals surface area contributed by atoms with Crippen molar-refractivity contribution >= 4 is 17.5 Å². The van der Waals surface area contributed by atoms with E-state index in [1.165, 1.54) is 0 Å². The molecule has 2 amide bonds. The van der Waals surface area contributed by atoms with Gasteiger partial charge < -0.3 is 20.1 Å². The minimum Gasteiger partial charge on any atom is -0.493 e. The predicted octanol–water partition coefficient (Wildman–Crippen LogP) is 3.83. The molecule has 0 saturated heterocycles. The third-order valence-corrected chi connectivity index (χ3v) is 4.07. The first-order chi connectivity index (χ1) is 13.9. The van der Waals surface area contributed by atoms with E-state index in [0.29, 0.717) is 35.2 Å². The quantitative estimate of drug-likeness (QED) is 0.599. The van der Waals surface area contributed by atoms with Crippen molar-refractivity contribution < 1.29 is 19.1 Å². The number of allylic oxidation sites excluding steroid dienone is 1. The average molecular weight is 396 g/mol. The van der Waals surface area contributed by atoms with Crippen LogP contribution in [0.1, 0.15) is 29.8 Å². The Balaban J connectivity index is 1.89. The van der Waals surface area contributed by atoms with Crippen LogP contribution in [0.25, 0.3) is 0 Å². The molecule has 0 atom stereocenters. The van der Waals surface area contributed by atoms with Gasteiger partial charge in [-0.2, -0.15) is 0 Å². The van der Waals surface area contributed by atoms with Crippen molar-refractivity contribution in [2.75, 3.05) is 25.6 Å². The second-order valence-electron chi connectivity index (χ2n) is 7.00. The molecule has 0 heterocycles. The number of benzene rings is 2. The molecule has 6 heteroatoms. The number of carbonyl (C=O) groups excluding carboxylic acids is 2. The van der Waals surface area contributed by atoms with Gasteiger partial charge in [0.05, 0.1) is 7.11 Å². The topological polar surface area (TPSA) is 76.7 Å². The number of nitrogens with one attached hydrogen (secondary N) is 2. The maximum Gasteiger partial charge on any atom is 0.262 e. The molecule has 0 unspecified atom stereocenters. The molecule has 0 aliphatic rings. The van der Waals surface area contributed by atoms with Crippen molar-refractivity contribution in [3.63, 3.8) is 0 Å². The van der Waals surface area contributed by atoms with Crippen LogP contribution >= 0.6 is 0 Å².